The first-order valence-corrected chi connectivity index (χ1v) is 8.39. The van der Waals surface area contributed by atoms with Crippen molar-refractivity contribution in [1.82, 2.24) is 9.80 Å². The van der Waals surface area contributed by atoms with E-state index in [0.717, 1.165) is 18.4 Å². The Labute approximate surface area is 129 Å². The van der Waals surface area contributed by atoms with Crippen LogP contribution in [0.5, 0.6) is 0 Å². The number of para-hydroxylation sites is 1. The van der Waals surface area contributed by atoms with E-state index < -0.39 is 0 Å². The number of anilines is 1. The predicted octanol–water partition coefficient (Wildman–Crippen LogP) is 2.54. The van der Waals surface area contributed by atoms with Gasteiger partial charge in [-0.25, -0.2) is 0 Å². The number of hydrogen-bond acceptors (Lipinski definition) is 3. The van der Waals surface area contributed by atoms with Gasteiger partial charge in [-0.15, -0.1) is 0 Å². The quantitative estimate of drug-likeness (QED) is 0.918. The third-order valence-corrected chi connectivity index (χ3v) is 5.09. The highest BCUT2D eigenvalue weighted by Crippen LogP contribution is 2.25. The van der Waals surface area contributed by atoms with E-state index in [0.29, 0.717) is 0 Å². The molecule has 1 N–H and O–H groups in total. The van der Waals surface area contributed by atoms with Crippen molar-refractivity contribution in [3.05, 3.63) is 29.8 Å². The van der Waals surface area contributed by atoms with Crippen LogP contribution < -0.4 is 5.32 Å². The van der Waals surface area contributed by atoms with E-state index in [9.17, 15) is 0 Å². The van der Waals surface area contributed by atoms with Crippen LogP contribution in [-0.4, -0.2) is 56.6 Å². The van der Waals surface area contributed by atoms with E-state index in [1.165, 1.54) is 56.7 Å². The van der Waals surface area contributed by atoms with Gasteiger partial charge in [0.1, 0.15) is 0 Å². The number of nitrogens with one attached hydrogen (secondary N) is 1. The lowest BCUT2D eigenvalue weighted by molar-refractivity contribution is 0.166. The van der Waals surface area contributed by atoms with Crippen LogP contribution in [0.1, 0.15) is 18.4 Å². The lowest BCUT2D eigenvalue weighted by Crippen LogP contribution is -2.39. The van der Waals surface area contributed by atoms with E-state index in [1.54, 1.807) is 0 Å². The molecule has 1 fully saturated rings. The molecule has 1 saturated heterocycles. The van der Waals surface area contributed by atoms with Crippen molar-refractivity contribution in [2.75, 3.05) is 52.1 Å². The summed E-state index contributed by atoms with van der Waals surface area (Å²) in [5.74, 6) is 1.64. The number of rotatable bonds is 4. The van der Waals surface area contributed by atoms with Gasteiger partial charge in [-0.05, 0) is 69.9 Å². The van der Waals surface area contributed by atoms with Crippen molar-refractivity contribution >= 4 is 5.69 Å². The zero-order valence-electron chi connectivity index (χ0n) is 13.5. The molecule has 0 aliphatic carbocycles. The van der Waals surface area contributed by atoms with E-state index >= 15 is 0 Å². The Kier molecular flexibility index (Phi) is 4.81. The van der Waals surface area contributed by atoms with Crippen molar-refractivity contribution in [2.45, 2.75) is 19.3 Å². The lowest BCUT2D eigenvalue weighted by Gasteiger charge is -2.34. The molecule has 1 aromatic rings. The molecule has 2 aliphatic rings. The summed E-state index contributed by atoms with van der Waals surface area (Å²) < 4.78 is 0. The summed E-state index contributed by atoms with van der Waals surface area (Å²) in [6.45, 7) is 6.15. The fourth-order valence-corrected chi connectivity index (χ4v) is 3.84. The minimum absolute atomic E-state index is 0.746. The molecule has 2 aliphatic heterocycles. The SMILES string of the molecule is CN1CCC(CN(C)CC2CNc3ccccc3C2)CC1. The van der Waals surface area contributed by atoms with Gasteiger partial charge in [-0.1, -0.05) is 18.2 Å². The van der Waals surface area contributed by atoms with Crippen molar-refractivity contribution in [1.29, 1.82) is 0 Å². The Morgan fingerprint density at radius 2 is 1.86 bits per heavy atom. The summed E-state index contributed by atoms with van der Waals surface area (Å²) >= 11 is 0. The van der Waals surface area contributed by atoms with Crippen LogP contribution >= 0.6 is 0 Å². The van der Waals surface area contributed by atoms with Crippen molar-refractivity contribution in [3.8, 4) is 0 Å². The zero-order chi connectivity index (χ0) is 14.7. The minimum Gasteiger partial charge on any atom is -0.384 e. The van der Waals surface area contributed by atoms with Crippen LogP contribution in [-0.2, 0) is 6.42 Å². The minimum atomic E-state index is 0.746. The maximum atomic E-state index is 3.59. The van der Waals surface area contributed by atoms with Crippen LogP contribution in [0.15, 0.2) is 24.3 Å². The molecule has 0 saturated carbocycles. The molecule has 116 valence electrons. The molecule has 0 amide bonds. The number of hydrogen-bond donors (Lipinski definition) is 1. The first-order valence-electron chi connectivity index (χ1n) is 8.39. The summed E-state index contributed by atoms with van der Waals surface area (Å²) in [6.07, 6.45) is 3.96. The largest absolute Gasteiger partial charge is 0.384 e. The van der Waals surface area contributed by atoms with Crippen LogP contribution in [0.3, 0.4) is 0 Å². The Bertz CT molecular complexity index is 452. The first kappa shape index (κ1) is 14.9. The summed E-state index contributed by atoms with van der Waals surface area (Å²) in [5, 5.41) is 3.59. The number of likely N-dealkylation sites (tertiary alicyclic amines) is 1. The number of nitrogens with zero attached hydrogens (tertiary/aromatic N) is 2. The second kappa shape index (κ2) is 6.80. The van der Waals surface area contributed by atoms with Gasteiger partial charge < -0.3 is 15.1 Å². The Morgan fingerprint density at radius 3 is 2.67 bits per heavy atom. The van der Waals surface area contributed by atoms with E-state index in [-0.39, 0.29) is 0 Å². The standard InChI is InChI=1S/C18H29N3/c1-20-9-7-15(8-10-20)13-21(2)14-16-11-17-5-3-4-6-18(17)19-12-16/h3-6,15-16,19H,7-14H2,1-2H3. The van der Waals surface area contributed by atoms with Gasteiger partial charge in [0.05, 0.1) is 0 Å². The van der Waals surface area contributed by atoms with E-state index in [1.807, 2.05) is 0 Å². The average Bonchev–Trinajstić information content (AvgIpc) is 2.49. The first-order chi connectivity index (χ1) is 10.2. The lowest BCUT2D eigenvalue weighted by atomic mass is 9.92. The fraction of sp³-hybridized carbons (Fsp3) is 0.667. The summed E-state index contributed by atoms with van der Waals surface area (Å²) in [5.41, 5.74) is 2.83. The third-order valence-electron chi connectivity index (χ3n) is 5.09. The van der Waals surface area contributed by atoms with Gasteiger partial charge in [0.2, 0.25) is 0 Å². The molecule has 0 radical (unpaired) electrons. The summed E-state index contributed by atoms with van der Waals surface area (Å²) in [6, 6.07) is 8.75. The molecular formula is C18H29N3. The monoisotopic (exact) mass is 287 g/mol. The van der Waals surface area contributed by atoms with Crippen molar-refractivity contribution in [3.63, 3.8) is 0 Å². The topological polar surface area (TPSA) is 18.5 Å². The van der Waals surface area contributed by atoms with E-state index in [2.05, 4.69) is 53.5 Å². The normalized spacial score (nSPS) is 23.9. The van der Waals surface area contributed by atoms with Gasteiger partial charge in [0.25, 0.3) is 0 Å². The Hall–Kier alpha value is -1.06. The highest BCUT2D eigenvalue weighted by Gasteiger charge is 2.22. The highest BCUT2D eigenvalue weighted by molar-refractivity contribution is 5.53. The van der Waals surface area contributed by atoms with Crippen molar-refractivity contribution in [2.24, 2.45) is 11.8 Å². The second-order valence-electron chi connectivity index (χ2n) is 7.08. The maximum Gasteiger partial charge on any atom is 0.0372 e. The smallest absolute Gasteiger partial charge is 0.0372 e. The molecule has 3 heteroatoms. The zero-order valence-corrected chi connectivity index (χ0v) is 13.5. The van der Waals surface area contributed by atoms with Crippen LogP contribution in [0, 0.1) is 11.8 Å². The molecule has 0 aromatic heterocycles. The van der Waals surface area contributed by atoms with Crippen LogP contribution in [0.4, 0.5) is 5.69 Å². The maximum absolute atomic E-state index is 3.59. The Morgan fingerprint density at radius 1 is 1.14 bits per heavy atom. The van der Waals surface area contributed by atoms with Gasteiger partial charge >= 0.3 is 0 Å². The van der Waals surface area contributed by atoms with Crippen LogP contribution in [0.25, 0.3) is 0 Å². The molecule has 1 unspecified atom stereocenters. The Balaban J connectivity index is 1.46. The average molecular weight is 287 g/mol. The molecule has 2 heterocycles. The molecule has 21 heavy (non-hydrogen) atoms. The van der Waals surface area contributed by atoms with Gasteiger partial charge in [0, 0.05) is 25.3 Å². The highest BCUT2D eigenvalue weighted by atomic mass is 15.1. The number of fused-ring (bicyclic) bond motifs is 1. The molecule has 3 nitrogen and oxygen atoms in total. The van der Waals surface area contributed by atoms with Gasteiger partial charge in [-0.3, -0.25) is 0 Å². The number of piperidine rings is 1. The van der Waals surface area contributed by atoms with E-state index in [4.69, 9.17) is 0 Å². The molecule has 1 aromatic carbocycles. The van der Waals surface area contributed by atoms with Crippen LogP contribution in [0.2, 0.25) is 0 Å². The molecular weight excluding hydrogens is 258 g/mol. The second-order valence-corrected chi connectivity index (χ2v) is 7.08. The summed E-state index contributed by atoms with van der Waals surface area (Å²) in [7, 11) is 4.55. The van der Waals surface area contributed by atoms with Crippen molar-refractivity contribution < 1.29 is 0 Å². The van der Waals surface area contributed by atoms with Gasteiger partial charge in [0.15, 0.2) is 0 Å². The summed E-state index contributed by atoms with van der Waals surface area (Å²) in [4.78, 5) is 5.02. The fourth-order valence-electron chi connectivity index (χ4n) is 3.84. The van der Waals surface area contributed by atoms with Gasteiger partial charge in [-0.2, -0.15) is 0 Å². The molecule has 0 spiro atoms. The molecule has 0 bridgehead atoms. The molecule has 1 atom stereocenters. The number of benzene rings is 1. The molecule has 3 rings (SSSR count). The third kappa shape index (κ3) is 3.98. The predicted molar refractivity (Wildman–Crippen MR) is 89.8 cm³/mol.